The molecule has 6 heteroatoms. The van der Waals surface area contributed by atoms with E-state index in [1.165, 1.54) is 22.6 Å². The summed E-state index contributed by atoms with van der Waals surface area (Å²) in [5.74, 6) is 0. The maximum Gasteiger partial charge on any atom is 0.265 e. The van der Waals surface area contributed by atoms with Crippen molar-refractivity contribution >= 4 is 22.6 Å². The quantitative estimate of drug-likeness (QED) is 0.812. The van der Waals surface area contributed by atoms with Crippen LogP contribution in [0, 0.1) is 3.57 Å². The molecule has 3 nitrogen and oxygen atoms in total. The molecule has 0 saturated carbocycles. The minimum atomic E-state index is -2.74. The Balaban J connectivity index is 3.41. The second-order valence-corrected chi connectivity index (χ2v) is 3.41. The Labute approximate surface area is 85.9 Å². The van der Waals surface area contributed by atoms with E-state index in [1.807, 2.05) is 0 Å². The van der Waals surface area contributed by atoms with Gasteiger partial charge in [0.1, 0.15) is 0 Å². The molecule has 0 aliphatic rings. The number of hydrogen-bond acceptors (Lipinski definition) is 2. The maximum absolute atomic E-state index is 12.4. The first kappa shape index (κ1) is 10.6. The molecule has 0 spiro atoms. The zero-order valence-electron chi connectivity index (χ0n) is 6.35. The van der Waals surface area contributed by atoms with Crippen LogP contribution in [0.1, 0.15) is 17.6 Å². The normalized spacial score (nSPS) is 10.8. The van der Waals surface area contributed by atoms with Crippen molar-refractivity contribution in [3.05, 3.63) is 31.2 Å². The van der Waals surface area contributed by atoms with Gasteiger partial charge < -0.3 is 10.1 Å². The van der Waals surface area contributed by atoms with Gasteiger partial charge in [0.2, 0.25) is 0 Å². The number of alkyl halides is 2. The first-order valence-electron chi connectivity index (χ1n) is 3.37. The van der Waals surface area contributed by atoms with Gasteiger partial charge in [-0.2, -0.15) is 0 Å². The van der Waals surface area contributed by atoms with Gasteiger partial charge in [-0.3, -0.25) is 4.79 Å². The molecule has 0 aromatic carbocycles. The zero-order chi connectivity index (χ0) is 10.0. The Morgan fingerprint density at radius 3 is 2.69 bits per heavy atom. The second-order valence-electron chi connectivity index (χ2n) is 2.33. The summed E-state index contributed by atoms with van der Waals surface area (Å²) < 4.78 is 24.7. The Morgan fingerprint density at radius 2 is 2.23 bits per heavy atom. The maximum atomic E-state index is 12.4. The van der Waals surface area contributed by atoms with E-state index in [2.05, 4.69) is 4.98 Å². The molecule has 1 heterocycles. The molecule has 1 rings (SSSR count). The minimum Gasteiger partial charge on any atom is -0.392 e. The summed E-state index contributed by atoms with van der Waals surface area (Å²) in [6.45, 7) is -0.507. The second kappa shape index (κ2) is 4.14. The molecule has 0 fully saturated rings. The fourth-order valence-electron chi connectivity index (χ4n) is 0.924. The molecule has 0 aliphatic heterocycles. The summed E-state index contributed by atoms with van der Waals surface area (Å²) in [5, 5.41) is 8.72. The Bertz CT molecular complexity index is 364. The average Bonchev–Trinajstić information content (AvgIpc) is 2.08. The molecule has 0 aliphatic carbocycles. The molecular weight excluding hydrogens is 295 g/mol. The molecule has 0 amide bonds. The van der Waals surface area contributed by atoms with Crippen LogP contribution in [-0.2, 0) is 6.61 Å². The molecule has 0 saturated heterocycles. The fourth-order valence-corrected chi connectivity index (χ4v) is 1.66. The van der Waals surface area contributed by atoms with Gasteiger partial charge in [-0.05, 0) is 22.6 Å². The van der Waals surface area contributed by atoms with Crippen molar-refractivity contribution in [2.24, 2.45) is 0 Å². The number of aliphatic hydroxyl groups excluding tert-OH is 1. The molecule has 2 N–H and O–H groups in total. The van der Waals surface area contributed by atoms with Crippen molar-refractivity contribution in [3.8, 4) is 0 Å². The van der Waals surface area contributed by atoms with Crippen LogP contribution in [-0.4, -0.2) is 10.1 Å². The summed E-state index contributed by atoms with van der Waals surface area (Å²) in [7, 11) is 0. The van der Waals surface area contributed by atoms with Gasteiger partial charge in [0.05, 0.1) is 10.2 Å². The highest BCUT2D eigenvalue weighted by molar-refractivity contribution is 14.1. The lowest BCUT2D eigenvalue weighted by Crippen LogP contribution is -2.15. The first-order chi connectivity index (χ1) is 6.07. The van der Waals surface area contributed by atoms with Crippen LogP contribution >= 0.6 is 22.6 Å². The topological polar surface area (TPSA) is 53.1 Å². The lowest BCUT2D eigenvalue weighted by atomic mass is 10.1. The molecule has 72 valence electrons. The van der Waals surface area contributed by atoms with E-state index in [0.29, 0.717) is 0 Å². The average molecular weight is 301 g/mol. The molecule has 0 unspecified atom stereocenters. The van der Waals surface area contributed by atoms with E-state index < -0.39 is 18.6 Å². The van der Waals surface area contributed by atoms with Crippen molar-refractivity contribution in [2.45, 2.75) is 13.0 Å². The SMILES string of the molecule is O=c1[nH]cc(CO)c(C(F)F)c1I. The molecule has 0 bridgehead atoms. The summed E-state index contributed by atoms with van der Waals surface area (Å²) >= 11 is 1.53. The van der Waals surface area contributed by atoms with Crippen LogP contribution < -0.4 is 5.56 Å². The van der Waals surface area contributed by atoms with Crippen molar-refractivity contribution in [1.82, 2.24) is 4.98 Å². The third-order valence-electron chi connectivity index (χ3n) is 1.55. The molecule has 13 heavy (non-hydrogen) atoms. The van der Waals surface area contributed by atoms with Crippen molar-refractivity contribution in [2.75, 3.05) is 0 Å². The summed E-state index contributed by atoms with van der Waals surface area (Å²) in [6.07, 6.45) is -1.64. The fraction of sp³-hybridized carbons (Fsp3) is 0.286. The highest BCUT2D eigenvalue weighted by Crippen LogP contribution is 2.25. The predicted molar refractivity (Wildman–Crippen MR) is 50.7 cm³/mol. The van der Waals surface area contributed by atoms with E-state index >= 15 is 0 Å². The van der Waals surface area contributed by atoms with Gasteiger partial charge in [-0.1, -0.05) is 0 Å². The van der Waals surface area contributed by atoms with Gasteiger partial charge in [0, 0.05) is 17.3 Å². The van der Waals surface area contributed by atoms with E-state index in [4.69, 9.17) is 5.11 Å². The van der Waals surface area contributed by atoms with Gasteiger partial charge in [0.15, 0.2) is 0 Å². The largest absolute Gasteiger partial charge is 0.392 e. The number of aliphatic hydroxyl groups is 1. The summed E-state index contributed by atoms with van der Waals surface area (Å²) in [6, 6.07) is 0. The van der Waals surface area contributed by atoms with Gasteiger partial charge >= 0.3 is 0 Å². The molecule has 1 aromatic heterocycles. The smallest absolute Gasteiger partial charge is 0.265 e. The van der Waals surface area contributed by atoms with Crippen LogP contribution in [0.3, 0.4) is 0 Å². The standard InChI is InChI=1S/C7H6F2INO2/c8-6(9)4-3(2-12)1-11-7(13)5(4)10/h1,6,12H,2H2,(H,11,13). The Kier molecular flexibility index (Phi) is 3.37. The lowest BCUT2D eigenvalue weighted by molar-refractivity contribution is 0.145. The Morgan fingerprint density at radius 1 is 1.62 bits per heavy atom. The van der Waals surface area contributed by atoms with Crippen LogP contribution in [0.25, 0.3) is 0 Å². The number of H-pyrrole nitrogens is 1. The van der Waals surface area contributed by atoms with E-state index in [0.717, 1.165) is 6.20 Å². The van der Waals surface area contributed by atoms with Crippen molar-refractivity contribution < 1.29 is 13.9 Å². The van der Waals surface area contributed by atoms with Gasteiger partial charge in [-0.25, -0.2) is 8.78 Å². The number of aromatic amines is 1. The lowest BCUT2D eigenvalue weighted by Gasteiger charge is -2.06. The summed E-state index contributed by atoms with van der Waals surface area (Å²) in [5.41, 5.74) is -0.890. The summed E-state index contributed by atoms with van der Waals surface area (Å²) in [4.78, 5) is 13.2. The highest BCUT2D eigenvalue weighted by Gasteiger charge is 2.18. The van der Waals surface area contributed by atoms with Crippen LogP contribution in [0.2, 0.25) is 0 Å². The van der Waals surface area contributed by atoms with Gasteiger partial charge in [0.25, 0.3) is 12.0 Å². The predicted octanol–water partition coefficient (Wildman–Crippen LogP) is 1.41. The van der Waals surface area contributed by atoms with E-state index in [-0.39, 0.29) is 14.7 Å². The molecule has 1 aromatic rings. The molecule has 0 radical (unpaired) electrons. The number of pyridine rings is 1. The van der Waals surface area contributed by atoms with Crippen molar-refractivity contribution in [1.29, 1.82) is 0 Å². The molecular formula is C7H6F2INO2. The first-order valence-corrected chi connectivity index (χ1v) is 4.44. The highest BCUT2D eigenvalue weighted by atomic mass is 127. The monoisotopic (exact) mass is 301 g/mol. The molecule has 0 atom stereocenters. The van der Waals surface area contributed by atoms with Crippen LogP contribution in [0.15, 0.2) is 11.0 Å². The Hall–Kier alpha value is -0.500. The third kappa shape index (κ3) is 2.05. The van der Waals surface area contributed by atoms with E-state index in [9.17, 15) is 13.6 Å². The van der Waals surface area contributed by atoms with E-state index in [1.54, 1.807) is 0 Å². The number of hydrogen-bond donors (Lipinski definition) is 2. The minimum absolute atomic E-state index is 0.0546. The number of nitrogens with one attached hydrogen (secondary N) is 1. The van der Waals surface area contributed by atoms with Crippen LogP contribution in [0.5, 0.6) is 0 Å². The number of aromatic nitrogens is 1. The third-order valence-corrected chi connectivity index (χ3v) is 2.62. The number of rotatable bonds is 2. The van der Waals surface area contributed by atoms with Gasteiger partial charge in [-0.15, -0.1) is 0 Å². The zero-order valence-corrected chi connectivity index (χ0v) is 8.51. The number of halogens is 3. The van der Waals surface area contributed by atoms with Crippen molar-refractivity contribution in [3.63, 3.8) is 0 Å². The van der Waals surface area contributed by atoms with Crippen LogP contribution in [0.4, 0.5) is 8.78 Å².